The van der Waals surface area contributed by atoms with Crippen molar-refractivity contribution in [3.05, 3.63) is 83.9 Å². The smallest absolute Gasteiger partial charge is 0.322 e. The van der Waals surface area contributed by atoms with E-state index in [2.05, 4.69) is 4.72 Å². The lowest BCUT2D eigenvalue weighted by molar-refractivity contribution is -0.140. The van der Waals surface area contributed by atoms with Crippen molar-refractivity contribution < 1.29 is 27.9 Å². The molecule has 8 heteroatoms. The third-order valence-corrected chi connectivity index (χ3v) is 7.19. The third-order valence-electron chi connectivity index (χ3n) is 5.73. The highest BCUT2D eigenvalue weighted by Crippen LogP contribution is 2.23. The van der Waals surface area contributed by atoms with E-state index in [1.165, 1.54) is 12.1 Å². The minimum absolute atomic E-state index is 0.00676. The fourth-order valence-corrected chi connectivity index (χ4v) is 5.13. The normalized spacial score (nSPS) is 12.3. The summed E-state index contributed by atoms with van der Waals surface area (Å²) in [6, 6.07) is 20.1. The predicted molar refractivity (Wildman–Crippen MR) is 138 cm³/mol. The van der Waals surface area contributed by atoms with E-state index >= 15 is 0 Å². The molecule has 0 saturated carbocycles. The van der Waals surface area contributed by atoms with E-state index in [-0.39, 0.29) is 10.7 Å². The van der Waals surface area contributed by atoms with Crippen LogP contribution in [0.1, 0.15) is 31.9 Å². The summed E-state index contributed by atoms with van der Waals surface area (Å²) < 4.78 is 33.1. The zero-order valence-electron chi connectivity index (χ0n) is 20.6. The Bertz CT molecular complexity index is 1300. The fraction of sp³-hybridized carbons (Fsp3) is 0.286. The van der Waals surface area contributed by atoms with E-state index in [0.717, 1.165) is 28.0 Å². The molecule has 3 aromatic carbocycles. The van der Waals surface area contributed by atoms with E-state index in [1.54, 1.807) is 26.0 Å². The second-order valence-electron chi connectivity index (χ2n) is 8.84. The summed E-state index contributed by atoms with van der Waals surface area (Å²) in [4.78, 5) is 24.0. The first kappa shape index (κ1) is 27.1. The number of carboxylic acid groups (broad SMARTS) is 1. The summed E-state index contributed by atoms with van der Waals surface area (Å²) in [5.74, 6) is -0.811. The maximum absolute atomic E-state index is 12.6. The number of ketones is 1. The monoisotopic (exact) mass is 509 g/mol. The molecule has 0 amide bonds. The highest BCUT2D eigenvalue weighted by Gasteiger charge is 2.28. The van der Waals surface area contributed by atoms with Crippen LogP contribution in [-0.2, 0) is 32.5 Å². The van der Waals surface area contributed by atoms with Crippen molar-refractivity contribution in [1.29, 1.82) is 0 Å². The zero-order chi connectivity index (χ0) is 26.3. The molecule has 3 aromatic rings. The molecule has 7 nitrogen and oxygen atoms in total. The van der Waals surface area contributed by atoms with Crippen molar-refractivity contribution in [1.82, 2.24) is 4.72 Å². The average Bonchev–Trinajstić information content (AvgIpc) is 2.84. The van der Waals surface area contributed by atoms with E-state index in [9.17, 15) is 23.1 Å². The number of rotatable bonds is 12. The molecule has 190 valence electrons. The van der Waals surface area contributed by atoms with Crippen molar-refractivity contribution in [3.63, 3.8) is 0 Å². The SMILES string of the molecule is CCOc1ccccc1CC(=O)Cc1ccc(-c2ccc(S(=O)(=O)N[C@H](C(=O)O)C(C)C)cc2)cc1. The quantitative estimate of drug-likeness (QED) is 0.372. The van der Waals surface area contributed by atoms with Gasteiger partial charge in [0, 0.05) is 18.4 Å². The van der Waals surface area contributed by atoms with Gasteiger partial charge in [-0.2, -0.15) is 4.72 Å². The van der Waals surface area contributed by atoms with E-state index in [4.69, 9.17) is 4.74 Å². The molecule has 0 aliphatic carbocycles. The highest BCUT2D eigenvalue weighted by atomic mass is 32.2. The summed E-state index contributed by atoms with van der Waals surface area (Å²) in [6.45, 7) is 5.73. The maximum atomic E-state index is 12.6. The Morgan fingerprint density at radius 2 is 1.47 bits per heavy atom. The minimum atomic E-state index is -3.98. The van der Waals surface area contributed by atoms with Gasteiger partial charge in [0.25, 0.3) is 0 Å². The first-order chi connectivity index (χ1) is 17.1. The summed E-state index contributed by atoms with van der Waals surface area (Å²) >= 11 is 0. The lowest BCUT2D eigenvalue weighted by atomic mass is 9.99. The largest absolute Gasteiger partial charge is 0.494 e. The lowest BCUT2D eigenvalue weighted by Gasteiger charge is -2.18. The van der Waals surface area contributed by atoms with Crippen LogP contribution >= 0.6 is 0 Å². The number of para-hydroxylation sites is 1. The summed E-state index contributed by atoms with van der Waals surface area (Å²) in [7, 11) is -3.98. The first-order valence-corrected chi connectivity index (χ1v) is 13.3. The topological polar surface area (TPSA) is 110 Å². The van der Waals surface area contributed by atoms with Crippen LogP contribution in [0.25, 0.3) is 11.1 Å². The molecule has 0 aliphatic rings. The Hall–Kier alpha value is -3.49. The van der Waals surface area contributed by atoms with Crippen molar-refractivity contribution >= 4 is 21.8 Å². The molecule has 0 aliphatic heterocycles. The number of benzene rings is 3. The van der Waals surface area contributed by atoms with Crippen LogP contribution in [0.2, 0.25) is 0 Å². The fourth-order valence-electron chi connectivity index (χ4n) is 3.80. The Morgan fingerprint density at radius 1 is 0.889 bits per heavy atom. The standard InChI is InChI=1S/C28H31NO6S/c1-4-35-26-8-6-5-7-23(26)18-24(30)17-20-9-11-21(12-10-20)22-13-15-25(16-14-22)36(33,34)29-27(19(2)3)28(31)32/h5-16,19,27,29H,4,17-18H2,1-3H3,(H,31,32)/t27-/m0/s1. The van der Waals surface area contributed by atoms with Gasteiger partial charge >= 0.3 is 5.97 Å². The number of ether oxygens (including phenoxy) is 1. The highest BCUT2D eigenvalue weighted by molar-refractivity contribution is 7.89. The van der Waals surface area contributed by atoms with Gasteiger partial charge in [-0.15, -0.1) is 0 Å². The van der Waals surface area contributed by atoms with E-state index in [1.807, 2.05) is 55.5 Å². The molecule has 0 aromatic heterocycles. The summed E-state index contributed by atoms with van der Waals surface area (Å²) in [5, 5.41) is 9.28. The van der Waals surface area contributed by atoms with Crippen LogP contribution in [0.3, 0.4) is 0 Å². The van der Waals surface area contributed by atoms with Gasteiger partial charge < -0.3 is 9.84 Å². The molecule has 1 atom stereocenters. The van der Waals surface area contributed by atoms with Crippen molar-refractivity contribution in [2.45, 2.75) is 44.6 Å². The molecule has 0 unspecified atom stereocenters. The Labute approximate surface area is 212 Å². The lowest BCUT2D eigenvalue weighted by Crippen LogP contribution is -2.44. The van der Waals surface area contributed by atoms with Crippen LogP contribution in [0, 0.1) is 5.92 Å². The molecule has 0 saturated heterocycles. The molecule has 0 bridgehead atoms. The van der Waals surface area contributed by atoms with Gasteiger partial charge in [-0.25, -0.2) is 8.42 Å². The van der Waals surface area contributed by atoms with Crippen LogP contribution in [-0.4, -0.2) is 37.9 Å². The third kappa shape index (κ3) is 7.02. The number of hydrogen-bond acceptors (Lipinski definition) is 5. The van der Waals surface area contributed by atoms with Gasteiger partial charge in [0.15, 0.2) is 0 Å². The predicted octanol–water partition coefficient (Wildman–Crippen LogP) is 4.49. The van der Waals surface area contributed by atoms with Crippen LogP contribution in [0.15, 0.2) is 77.7 Å². The Kier molecular flexibility index (Phi) is 9.01. The van der Waals surface area contributed by atoms with Crippen LogP contribution in [0.5, 0.6) is 5.75 Å². The van der Waals surface area contributed by atoms with Crippen LogP contribution < -0.4 is 9.46 Å². The number of carbonyl (C=O) groups excluding carboxylic acids is 1. The van der Waals surface area contributed by atoms with Crippen molar-refractivity contribution in [2.75, 3.05) is 6.61 Å². The molecule has 36 heavy (non-hydrogen) atoms. The van der Waals surface area contributed by atoms with Gasteiger partial charge in [0.1, 0.15) is 17.6 Å². The van der Waals surface area contributed by atoms with Gasteiger partial charge in [0.2, 0.25) is 10.0 Å². The molecular formula is C28H31NO6S. The average molecular weight is 510 g/mol. The number of carboxylic acids is 1. The summed E-state index contributed by atoms with van der Waals surface area (Å²) in [5.41, 5.74) is 3.43. The minimum Gasteiger partial charge on any atom is -0.494 e. The van der Waals surface area contributed by atoms with Gasteiger partial charge in [0.05, 0.1) is 11.5 Å². The second kappa shape index (κ2) is 12.0. The second-order valence-corrected chi connectivity index (χ2v) is 10.5. The van der Waals surface area contributed by atoms with Crippen LogP contribution in [0.4, 0.5) is 0 Å². The number of aliphatic carboxylic acids is 1. The summed E-state index contributed by atoms with van der Waals surface area (Å²) in [6.07, 6.45) is 0.589. The molecule has 3 rings (SSSR count). The molecule has 0 heterocycles. The number of carbonyl (C=O) groups is 2. The Balaban J connectivity index is 1.66. The molecule has 2 N–H and O–H groups in total. The number of nitrogens with one attached hydrogen (secondary N) is 1. The maximum Gasteiger partial charge on any atom is 0.322 e. The number of Topliss-reactive ketones (excluding diaryl/α,β-unsaturated/α-hetero) is 1. The first-order valence-electron chi connectivity index (χ1n) is 11.8. The van der Waals surface area contributed by atoms with Crippen molar-refractivity contribution in [2.24, 2.45) is 5.92 Å². The molecular weight excluding hydrogens is 478 g/mol. The van der Waals surface area contributed by atoms with Crippen molar-refractivity contribution in [3.8, 4) is 16.9 Å². The zero-order valence-corrected chi connectivity index (χ0v) is 21.4. The van der Waals surface area contributed by atoms with Gasteiger partial charge in [-0.1, -0.05) is 68.4 Å². The van der Waals surface area contributed by atoms with Gasteiger partial charge in [-0.3, -0.25) is 9.59 Å². The van der Waals surface area contributed by atoms with Gasteiger partial charge in [-0.05, 0) is 47.7 Å². The van der Waals surface area contributed by atoms with E-state index < -0.39 is 28.0 Å². The number of hydrogen-bond donors (Lipinski definition) is 2. The Morgan fingerprint density at radius 3 is 2.03 bits per heavy atom. The molecule has 0 radical (unpaired) electrons. The van der Waals surface area contributed by atoms with E-state index in [0.29, 0.717) is 19.4 Å². The molecule has 0 fully saturated rings. The molecule has 0 spiro atoms. The number of sulfonamides is 1.